The van der Waals surface area contributed by atoms with E-state index < -0.39 is 30.3 Å². The van der Waals surface area contributed by atoms with Crippen molar-refractivity contribution in [2.24, 2.45) is 0 Å². The van der Waals surface area contributed by atoms with Crippen molar-refractivity contribution in [3.63, 3.8) is 0 Å². The Morgan fingerprint density at radius 2 is 2.06 bits per heavy atom. The lowest BCUT2D eigenvalue weighted by molar-refractivity contribution is -0.145. The van der Waals surface area contributed by atoms with Gasteiger partial charge in [-0.15, -0.1) is 0 Å². The number of rotatable bonds is 5. The second-order valence-electron chi connectivity index (χ2n) is 3.10. The summed E-state index contributed by atoms with van der Waals surface area (Å²) in [7, 11) is 0. The molecule has 1 aromatic heterocycles. The Balaban J connectivity index is 2.70. The predicted molar refractivity (Wildman–Crippen MR) is 50.2 cm³/mol. The first kappa shape index (κ1) is 12.6. The van der Waals surface area contributed by atoms with Gasteiger partial charge < -0.3 is 20.1 Å². The van der Waals surface area contributed by atoms with E-state index >= 15 is 0 Å². The third kappa shape index (κ3) is 3.55. The molecule has 0 radical (unpaired) electrons. The highest BCUT2D eigenvalue weighted by atomic mass is 16.5. The van der Waals surface area contributed by atoms with Crippen molar-refractivity contribution in [1.29, 1.82) is 0 Å². The zero-order valence-corrected chi connectivity index (χ0v) is 8.71. The van der Waals surface area contributed by atoms with Crippen LogP contribution in [0.1, 0.15) is 22.9 Å². The van der Waals surface area contributed by atoms with Gasteiger partial charge in [-0.1, -0.05) is 5.16 Å². The molecule has 1 rings (SSSR count). The SMILES string of the molecule is Cc1nc(C(=O)N[C@H](CC(=O)O)C(=O)O)no1. The Morgan fingerprint density at radius 3 is 2.47 bits per heavy atom. The summed E-state index contributed by atoms with van der Waals surface area (Å²) in [4.78, 5) is 36.0. The molecule has 3 N–H and O–H groups in total. The highest BCUT2D eigenvalue weighted by Gasteiger charge is 2.25. The third-order valence-electron chi connectivity index (χ3n) is 1.71. The maximum absolute atomic E-state index is 11.4. The van der Waals surface area contributed by atoms with Gasteiger partial charge in [-0.05, 0) is 0 Å². The van der Waals surface area contributed by atoms with Crippen LogP contribution in [0, 0.1) is 6.92 Å². The molecule has 0 aliphatic carbocycles. The smallest absolute Gasteiger partial charge is 0.326 e. The number of aryl methyl sites for hydroxylation is 1. The predicted octanol–water partition coefficient (Wildman–Crippen LogP) is -0.964. The number of carbonyl (C=O) groups excluding carboxylic acids is 1. The molecule has 9 heteroatoms. The molecule has 0 bridgehead atoms. The van der Waals surface area contributed by atoms with Crippen LogP contribution in [0.2, 0.25) is 0 Å². The monoisotopic (exact) mass is 243 g/mol. The summed E-state index contributed by atoms with van der Waals surface area (Å²) < 4.78 is 4.52. The van der Waals surface area contributed by atoms with Crippen molar-refractivity contribution < 1.29 is 29.1 Å². The zero-order valence-electron chi connectivity index (χ0n) is 8.71. The topological polar surface area (TPSA) is 143 Å². The lowest BCUT2D eigenvalue weighted by Gasteiger charge is -2.10. The zero-order chi connectivity index (χ0) is 13.0. The summed E-state index contributed by atoms with van der Waals surface area (Å²) in [5.41, 5.74) is 0. The molecule has 0 spiro atoms. The fourth-order valence-corrected chi connectivity index (χ4v) is 0.989. The number of carboxylic acid groups (broad SMARTS) is 2. The van der Waals surface area contributed by atoms with Crippen molar-refractivity contribution in [3.8, 4) is 0 Å². The number of nitrogens with one attached hydrogen (secondary N) is 1. The first-order valence-electron chi connectivity index (χ1n) is 4.46. The number of hydrogen-bond acceptors (Lipinski definition) is 6. The average Bonchev–Trinajstić information content (AvgIpc) is 2.63. The van der Waals surface area contributed by atoms with Gasteiger partial charge in [0.25, 0.3) is 11.7 Å². The second-order valence-corrected chi connectivity index (χ2v) is 3.10. The van der Waals surface area contributed by atoms with Crippen LogP contribution in [0.4, 0.5) is 0 Å². The molecule has 1 amide bonds. The number of nitrogens with zero attached hydrogens (tertiary/aromatic N) is 2. The van der Waals surface area contributed by atoms with E-state index in [9.17, 15) is 14.4 Å². The Morgan fingerprint density at radius 1 is 1.41 bits per heavy atom. The van der Waals surface area contributed by atoms with Gasteiger partial charge in [0.05, 0.1) is 6.42 Å². The molecule has 0 aromatic carbocycles. The number of carbonyl (C=O) groups is 3. The normalized spacial score (nSPS) is 11.8. The summed E-state index contributed by atoms with van der Waals surface area (Å²) in [5.74, 6) is -3.92. The fourth-order valence-electron chi connectivity index (χ4n) is 0.989. The van der Waals surface area contributed by atoms with E-state index in [0.717, 1.165) is 0 Å². The van der Waals surface area contributed by atoms with Crippen LogP contribution < -0.4 is 5.32 Å². The van der Waals surface area contributed by atoms with E-state index in [2.05, 4.69) is 14.7 Å². The summed E-state index contributed by atoms with van der Waals surface area (Å²) in [6.45, 7) is 1.45. The van der Waals surface area contributed by atoms with Gasteiger partial charge in [-0.2, -0.15) is 4.98 Å². The molecule has 0 aliphatic heterocycles. The lowest BCUT2D eigenvalue weighted by Crippen LogP contribution is -2.42. The number of aliphatic carboxylic acids is 2. The molecule has 0 aliphatic rings. The van der Waals surface area contributed by atoms with Gasteiger partial charge in [0.2, 0.25) is 5.89 Å². The molecular weight excluding hydrogens is 234 g/mol. The Kier molecular flexibility index (Phi) is 3.75. The molecule has 17 heavy (non-hydrogen) atoms. The van der Waals surface area contributed by atoms with E-state index in [-0.39, 0.29) is 11.7 Å². The highest BCUT2D eigenvalue weighted by molar-refractivity contribution is 5.94. The van der Waals surface area contributed by atoms with Crippen molar-refractivity contribution in [2.75, 3.05) is 0 Å². The first-order valence-corrected chi connectivity index (χ1v) is 4.46. The summed E-state index contributed by atoms with van der Waals surface area (Å²) in [6, 6.07) is -1.54. The average molecular weight is 243 g/mol. The van der Waals surface area contributed by atoms with Crippen molar-refractivity contribution in [2.45, 2.75) is 19.4 Å². The molecule has 0 fully saturated rings. The minimum atomic E-state index is -1.54. The van der Waals surface area contributed by atoms with Crippen LogP contribution in [0.15, 0.2) is 4.52 Å². The highest BCUT2D eigenvalue weighted by Crippen LogP contribution is 1.98. The summed E-state index contributed by atoms with van der Waals surface area (Å²) >= 11 is 0. The second kappa shape index (κ2) is 5.05. The van der Waals surface area contributed by atoms with E-state index in [1.807, 2.05) is 5.32 Å². The standard InChI is InChI=1S/C8H9N3O6/c1-3-9-6(11-17-3)7(14)10-4(8(15)16)2-5(12)13/h4H,2H2,1H3,(H,10,14)(H,12,13)(H,15,16)/t4-/m1/s1. The maximum atomic E-state index is 11.4. The number of amides is 1. The van der Waals surface area contributed by atoms with Crippen molar-refractivity contribution in [1.82, 2.24) is 15.5 Å². The molecular formula is C8H9N3O6. The van der Waals surface area contributed by atoms with Gasteiger partial charge in [-0.25, -0.2) is 4.79 Å². The molecule has 1 aromatic rings. The largest absolute Gasteiger partial charge is 0.481 e. The Labute approximate surface area is 94.4 Å². The molecule has 1 atom stereocenters. The molecule has 9 nitrogen and oxygen atoms in total. The fraction of sp³-hybridized carbons (Fsp3) is 0.375. The van der Waals surface area contributed by atoms with E-state index in [1.165, 1.54) is 6.92 Å². The number of aromatic nitrogens is 2. The van der Waals surface area contributed by atoms with Gasteiger partial charge in [0, 0.05) is 6.92 Å². The Bertz CT molecular complexity index is 454. The minimum absolute atomic E-state index is 0.139. The lowest BCUT2D eigenvalue weighted by atomic mass is 10.2. The molecule has 1 heterocycles. The van der Waals surface area contributed by atoms with Gasteiger partial charge in [0.15, 0.2) is 0 Å². The molecule has 0 saturated heterocycles. The van der Waals surface area contributed by atoms with Gasteiger partial charge in [-0.3, -0.25) is 9.59 Å². The van der Waals surface area contributed by atoms with Crippen LogP contribution in [0.25, 0.3) is 0 Å². The van der Waals surface area contributed by atoms with Crippen LogP contribution in [-0.2, 0) is 9.59 Å². The number of carboxylic acids is 2. The quantitative estimate of drug-likeness (QED) is 0.599. The summed E-state index contributed by atoms with van der Waals surface area (Å²) in [5, 5.41) is 22.4. The maximum Gasteiger partial charge on any atom is 0.326 e. The summed E-state index contributed by atoms with van der Waals surface area (Å²) in [6.07, 6.45) is -0.738. The van der Waals surface area contributed by atoms with Crippen molar-refractivity contribution in [3.05, 3.63) is 11.7 Å². The molecule has 92 valence electrons. The van der Waals surface area contributed by atoms with Gasteiger partial charge in [0.1, 0.15) is 6.04 Å². The van der Waals surface area contributed by atoms with E-state index in [1.54, 1.807) is 0 Å². The number of hydrogen-bond donors (Lipinski definition) is 3. The Hall–Kier alpha value is -2.45. The van der Waals surface area contributed by atoms with Gasteiger partial charge >= 0.3 is 11.9 Å². The van der Waals surface area contributed by atoms with Crippen molar-refractivity contribution >= 4 is 17.8 Å². The minimum Gasteiger partial charge on any atom is -0.481 e. The van der Waals surface area contributed by atoms with Crippen LogP contribution in [0.3, 0.4) is 0 Å². The van der Waals surface area contributed by atoms with E-state index in [0.29, 0.717) is 0 Å². The van der Waals surface area contributed by atoms with E-state index in [4.69, 9.17) is 10.2 Å². The van der Waals surface area contributed by atoms with Crippen LogP contribution in [-0.4, -0.2) is 44.2 Å². The molecule has 0 saturated carbocycles. The van der Waals surface area contributed by atoms with Crippen LogP contribution >= 0.6 is 0 Å². The third-order valence-corrected chi connectivity index (χ3v) is 1.71. The van der Waals surface area contributed by atoms with Crippen LogP contribution in [0.5, 0.6) is 0 Å². The first-order chi connectivity index (χ1) is 7.90. The molecule has 0 unspecified atom stereocenters.